The highest BCUT2D eigenvalue weighted by Crippen LogP contribution is 2.89. The number of aliphatic hydroxyl groups excluding tert-OH is 9. The van der Waals surface area contributed by atoms with Gasteiger partial charge in [0.15, 0.2) is 12.6 Å². The lowest BCUT2D eigenvalue weighted by Crippen LogP contribution is -2.63. The second-order valence-corrected chi connectivity index (χ2v) is 21.0. The maximum Gasteiger partial charge on any atom is 0.187 e. The molecule has 0 aromatic rings. The molecule has 3 aliphatic heterocycles. The zero-order valence-electron chi connectivity index (χ0n) is 33.6. The van der Waals surface area contributed by atoms with Crippen molar-refractivity contribution in [3.05, 3.63) is 0 Å². The maximum atomic E-state index is 12.3. The van der Waals surface area contributed by atoms with Crippen LogP contribution in [0.25, 0.3) is 0 Å². The van der Waals surface area contributed by atoms with Crippen LogP contribution in [0.15, 0.2) is 0 Å². The molecule has 0 bridgehead atoms. The van der Waals surface area contributed by atoms with Gasteiger partial charge in [0, 0.05) is 5.92 Å². The molecule has 14 nitrogen and oxygen atoms in total. The number of fused-ring (bicyclic) bond motifs is 2. The molecule has 5 saturated carbocycles. The smallest absolute Gasteiger partial charge is 0.187 e. The molecule has 3 heterocycles. The van der Waals surface area contributed by atoms with Gasteiger partial charge < -0.3 is 69.6 Å². The van der Waals surface area contributed by atoms with Gasteiger partial charge in [0.05, 0.1) is 48.8 Å². The zero-order valence-corrected chi connectivity index (χ0v) is 33.6. The third-order valence-corrected chi connectivity index (χ3v) is 17.7. The molecule has 0 unspecified atom stereocenters. The van der Waals surface area contributed by atoms with Crippen molar-refractivity contribution in [2.45, 2.75) is 197 Å². The fourth-order valence-corrected chi connectivity index (χ4v) is 15.0. The molecule has 8 fully saturated rings. The number of hydrogen-bond donors (Lipinski definition) is 9. The molecule has 0 aromatic carbocycles. The minimum absolute atomic E-state index is 0.0321. The van der Waals surface area contributed by atoms with E-state index in [1.807, 2.05) is 13.8 Å². The van der Waals surface area contributed by atoms with Gasteiger partial charge in [0.25, 0.3) is 0 Å². The van der Waals surface area contributed by atoms with Crippen molar-refractivity contribution in [1.29, 1.82) is 0 Å². The summed E-state index contributed by atoms with van der Waals surface area (Å²) in [4.78, 5) is 0. The standard InChI is InChI=1S/C41H68O14/c1-35(2)24(53-33-29(49)26(46)21(45)17-51-33)9-11-41-18-40(41)13-12-37(5)32(20(44)15-38(37,6)23(40)14-19(43)31(35)41)39(7)10-8-25(54-39)36(3,4)55-34-30(50)28(48)27(47)22(16-42)52-34/h19-34,42-50H,8-18H2,1-7H3/t19-,20-,21+,22+,23-,24-,25-,26-,27+,28-,29+,30+,31-,32-,33-,34-,37+,38-,39+,40-,41+/m0/s1. The van der Waals surface area contributed by atoms with E-state index in [0.717, 1.165) is 32.1 Å². The van der Waals surface area contributed by atoms with Crippen molar-refractivity contribution < 1.29 is 69.6 Å². The first-order valence-corrected chi connectivity index (χ1v) is 20.9. The summed E-state index contributed by atoms with van der Waals surface area (Å²) >= 11 is 0. The van der Waals surface area contributed by atoms with Gasteiger partial charge >= 0.3 is 0 Å². The molecule has 9 N–H and O–H groups in total. The summed E-state index contributed by atoms with van der Waals surface area (Å²) < 4.78 is 31.0. The van der Waals surface area contributed by atoms with Gasteiger partial charge in [-0.2, -0.15) is 0 Å². The van der Waals surface area contributed by atoms with Crippen molar-refractivity contribution in [3.63, 3.8) is 0 Å². The fraction of sp³-hybridized carbons (Fsp3) is 1.00. The van der Waals surface area contributed by atoms with E-state index in [1.165, 1.54) is 0 Å². The van der Waals surface area contributed by atoms with Gasteiger partial charge in [-0.3, -0.25) is 0 Å². The van der Waals surface area contributed by atoms with Crippen LogP contribution in [0.4, 0.5) is 0 Å². The summed E-state index contributed by atoms with van der Waals surface area (Å²) in [6.07, 6.45) is -6.76. The molecule has 0 amide bonds. The van der Waals surface area contributed by atoms with Gasteiger partial charge in [-0.05, 0) is 117 Å². The first-order valence-electron chi connectivity index (χ1n) is 20.9. The first-order chi connectivity index (χ1) is 25.5. The molecule has 0 aromatic heterocycles. The van der Waals surface area contributed by atoms with E-state index in [2.05, 4.69) is 34.6 Å². The van der Waals surface area contributed by atoms with Crippen LogP contribution in [0, 0.1) is 44.8 Å². The lowest BCUT2D eigenvalue weighted by Gasteiger charge is -2.64. The quantitative estimate of drug-likeness (QED) is 0.162. The van der Waals surface area contributed by atoms with Crippen molar-refractivity contribution in [2.24, 2.45) is 44.8 Å². The van der Waals surface area contributed by atoms with E-state index in [0.29, 0.717) is 25.7 Å². The first kappa shape index (κ1) is 41.2. The van der Waals surface area contributed by atoms with Crippen LogP contribution in [0.5, 0.6) is 0 Å². The SMILES string of the molecule is CC(C)(O[C@@H]1O[C@H](CO)[C@@H](O)[C@H](O)[C@H]1O)[C@@H]1CC[C@](C)([C@H]2[C@@H](O)C[C@@]3(C)[C@@H]4C[C@H](O)[C@H]5C(C)(C)[C@@H](O[C@@H]6OC[C@@H](O)[C@H](O)[C@H]6O)CC[C@@]56C[C@@]46CC[C@]23C)O1. The summed E-state index contributed by atoms with van der Waals surface area (Å²) in [6.45, 7) is 14.1. The third kappa shape index (κ3) is 5.63. The van der Waals surface area contributed by atoms with Gasteiger partial charge in [-0.15, -0.1) is 0 Å². The van der Waals surface area contributed by atoms with Crippen LogP contribution in [0.3, 0.4) is 0 Å². The van der Waals surface area contributed by atoms with E-state index in [-0.39, 0.29) is 52.1 Å². The van der Waals surface area contributed by atoms with Crippen molar-refractivity contribution in [1.82, 2.24) is 0 Å². The Balaban J connectivity index is 0.998. The van der Waals surface area contributed by atoms with E-state index in [9.17, 15) is 46.0 Å². The predicted molar refractivity (Wildman–Crippen MR) is 194 cm³/mol. The maximum absolute atomic E-state index is 12.3. The van der Waals surface area contributed by atoms with Crippen molar-refractivity contribution in [2.75, 3.05) is 13.2 Å². The Bertz CT molecular complexity index is 1460. The van der Waals surface area contributed by atoms with Gasteiger partial charge in [-0.1, -0.05) is 27.7 Å². The second-order valence-electron chi connectivity index (χ2n) is 21.0. The van der Waals surface area contributed by atoms with Crippen LogP contribution in [-0.2, 0) is 23.7 Å². The highest BCUT2D eigenvalue weighted by Gasteiger charge is 2.85. The molecule has 316 valence electrons. The van der Waals surface area contributed by atoms with Crippen LogP contribution in [0.1, 0.15) is 106 Å². The zero-order chi connectivity index (χ0) is 40.1. The van der Waals surface area contributed by atoms with Crippen LogP contribution < -0.4 is 0 Å². The Kier molecular flexibility index (Phi) is 9.90. The third-order valence-electron chi connectivity index (χ3n) is 17.7. The molecule has 55 heavy (non-hydrogen) atoms. The van der Waals surface area contributed by atoms with Gasteiger partial charge in [0.1, 0.15) is 42.7 Å². The Morgan fingerprint density at radius 1 is 0.691 bits per heavy atom. The molecule has 8 aliphatic rings. The molecule has 2 spiro atoms. The lowest BCUT2D eigenvalue weighted by atomic mass is 9.41. The van der Waals surface area contributed by atoms with E-state index in [1.54, 1.807) is 0 Å². The van der Waals surface area contributed by atoms with Gasteiger partial charge in [-0.25, -0.2) is 0 Å². The minimum Gasteiger partial charge on any atom is -0.394 e. The van der Waals surface area contributed by atoms with Crippen LogP contribution >= 0.6 is 0 Å². The predicted octanol–water partition coefficient (Wildman–Crippen LogP) is 0.724. The Labute approximate surface area is 324 Å². The minimum atomic E-state index is -1.55. The summed E-state index contributed by atoms with van der Waals surface area (Å²) in [7, 11) is 0. The summed E-state index contributed by atoms with van der Waals surface area (Å²) in [5.74, 6) is -0.0233. The molecular weight excluding hydrogens is 716 g/mol. The molecule has 14 heteroatoms. The summed E-state index contributed by atoms with van der Waals surface area (Å²) in [5, 5.41) is 96.5. The number of ether oxygens (including phenoxy) is 5. The normalized spacial score (nSPS) is 58.7. The van der Waals surface area contributed by atoms with Crippen molar-refractivity contribution >= 4 is 0 Å². The molecule has 3 saturated heterocycles. The van der Waals surface area contributed by atoms with Crippen LogP contribution in [0.2, 0.25) is 0 Å². The Morgan fingerprint density at radius 2 is 1.38 bits per heavy atom. The largest absolute Gasteiger partial charge is 0.394 e. The molecule has 5 aliphatic carbocycles. The topological polar surface area (TPSA) is 228 Å². The lowest BCUT2D eigenvalue weighted by molar-refractivity contribution is -0.334. The Morgan fingerprint density at radius 3 is 2.07 bits per heavy atom. The van der Waals surface area contributed by atoms with Gasteiger partial charge in [0.2, 0.25) is 0 Å². The monoisotopic (exact) mass is 784 g/mol. The van der Waals surface area contributed by atoms with Crippen LogP contribution in [-0.4, -0.2) is 150 Å². The van der Waals surface area contributed by atoms with Crippen molar-refractivity contribution in [3.8, 4) is 0 Å². The van der Waals surface area contributed by atoms with E-state index >= 15 is 0 Å². The molecular formula is C41H68O14. The number of aliphatic hydroxyl groups is 9. The number of hydrogen-bond acceptors (Lipinski definition) is 14. The highest BCUT2D eigenvalue weighted by atomic mass is 16.7. The number of rotatable bonds is 7. The Hall–Kier alpha value is -0.560. The van der Waals surface area contributed by atoms with E-state index < -0.39 is 96.8 Å². The second kappa shape index (κ2) is 13.2. The average molecular weight is 785 g/mol. The summed E-state index contributed by atoms with van der Waals surface area (Å²) in [5.41, 5.74) is -2.74. The molecule has 21 atom stereocenters. The fourth-order valence-electron chi connectivity index (χ4n) is 15.0. The average Bonchev–Trinajstić information content (AvgIpc) is 3.47. The molecule has 8 rings (SSSR count). The van der Waals surface area contributed by atoms with E-state index in [4.69, 9.17) is 23.7 Å². The summed E-state index contributed by atoms with van der Waals surface area (Å²) in [6, 6.07) is 0. The molecule has 0 radical (unpaired) electrons. The highest BCUT2D eigenvalue weighted by molar-refractivity contribution is 5.33.